The highest BCUT2D eigenvalue weighted by molar-refractivity contribution is 5.54. The van der Waals surface area contributed by atoms with Crippen LogP contribution in [0.2, 0.25) is 0 Å². The van der Waals surface area contributed by atoms with Crippen LogP contribution in [-0.4, -0.2) is 19.8 Å². The molecule has 1 aromatic carbocycles. The molecule has 0 saturated carbocycles. The lowest BCUT2D eigenvalue weighted by atomic mass is 9.94. The standard InChI is InChI=1S/C17H27NO/c1-12(2)15-5-6-17(16(9-15)13(3)4)18-10-14-7-8-19-11-14/h5-6,9,12-14,18H,7-8,10-11H2,1-4H3. The summed E-state index contributed by atoms with van der Waals surface area (Å²) >= 11 is 0. The highest BCUT2D eigenvalue weighted by Crippen LogP contribution is 2.28. The molecular weight excluding hydrogens is 234 g/mol. The molecule has 0 spiro atoms. The number of benzene rings is 1. The molecule has 1 fully saturated rings. The highest BCUT2D eigenvalue weighted by Gasteiger charge is 2.16. The summed E-state index contributed by atoms with van der Waals surface area (Å²) in [6.45, 7) is 11.9. The van der Waals surface area contributed by atoms with E-state index in [0.29, 0.717) is 17.8 Å². The lowest BCUT2D eigenvalue weighted by Gasteiger charge is -2.19. The molecule has 19 heavy (non-hydrogen) atoms. The van der Waals surface area contributed by atoms with Gasteiger partial charge in [0.2, 0.25) is 0 Å². The molecule has 1 heterocycles. The first-order valence-corrected chi connectivity index (χ1v) is 7.53. The fraction of sp³-hybridized carbons (Fsp3) is 0.647. The molecule has 1 saturated heterocycles. The van der Waals surface area contributed by atoms with Crippen molar-refractivity contribution < 1.29 is 4.74 Å². The molecule has 1 aromatic rings. The van der Waals surface area contributed by atoms with Crippen molar-refractivity contribution in [2.45, 2.75) is 46.0 Å². The van der Waals surface area contributed by atoms with Crippen molar-refractivity contribution in [3.8, 4) is 0 Å². The molecular formula is C17H27NO. The average Bonchev–Trinajstić information content (AvgIpc) is 2.89. The van der Waals surface area contributed by atoms with Gasteiger partial charge in [0.1, 0.15) is 0 Å². The van der Waals surface area contributed by atoms with E-state index < -0.39 is 0 Å². The van der Waals surface area contributed by atoms with Crippen LogP contribution in [0.4, 0.5) is 5.69 Å². The van der Waals surface area contributed by atoms with Crippen LogP contribution < -0.4 is 5.32 Å². The molecule has 0 amide bonds. The number of anilines is 1. The van der Waals surface area contributed by atoms with E-state index in [1.807, 2.05) is 0 Å². The van der Waals surface area contributed by atoms with Crippen LogP contribution in [0.5, 0.6) is 0 Å². The van der Waals surface area contributed by atoms with Gasteiger partial charge >= 0.3 is 0 Å². The Morgan fingerprint density at radius 1 is 1.21 bits per heavy atom. The minimum absolute atomic E-state index is 0.557. The number of ether oxygens (including phenoxy) is 1. The van der Waals surface area contributed by atoms with Crippen molar-refractivity contribution in [2.24, 2.45) is 5.92 Å². The largest absolute Gasteiger partial charge is 0.384 e. The van der Waals surface area contributed by atoms with Crippen LogP contribution in [-0.2, 0) is 4.74 Å². The predicted octanol–water partition coefficient (Wildman–Crippen LogP) is 4.38. The van der Waals surface area contributed by atoms with E-state index in [4.69, 9.17) is 4.74 Å². The van der Waals surface area contributed by atoms with E-state index in [1.54, 1.807) is 0 Å². The quantitative estimate of drug-likeness (QED) is 0.849. The Balaban J connectivity index is 2.09. The zero-order chi connectivity index (χ0) is 13.8. The maximum Gasteiger partial charge on any atom is 0.0511 e. The third-order valence-corrected chi connectivity index (χ3v) is 3.97. The van der Waals surface area contributed by atoms with Gasteiger partial charge in [0, 0.05) is 24.8 Å². The summed E-state index contributed by atoms with van der Waals surface area (Å²) in [6.07, 6.45) is 1.19. The van der Waals surface area contributed by atoms with Crippen LogP contribution in [0.15, 0.2) is 18.2 Å². The highest BCUT2D eigenvalue weighted by atomic mass is 16.5. The van der Waals surface area contributed by atoms with E-state index >= 15 is 0 Å². The van der Waals surface area contributed by atoms with Gasteiger partial charge in [0.05, 0.1) is 6.61 Å². The van der Waals surface area contributed by atoms with Crippen molar-refractivity contribution in [1.29, 1.82) is 0 Å². The van der Waals surface area contributed by atoms with Gasteiger partial charge in [-0.25, -0.2) is 0 Å². The Kier molecular flexibility index (Phi) is 4.87. The van der Waals surface area contributed by atoms with Gasteiger partial charge in [-0.05, 0) is 35.4 Å². The van der Waals surface area contributed by atoms with Crippen LogP contribution >= 0.6 is 0 Å². The average molecular weight is 261 g/mol. The van der Waals surface area contributed by atoms with Crippen LogP contribution in [0.1, 0.15) is 57.1 Å². The summed E-state index contributed by atoms with van der Waals surface area (Å²) in [7, 11) is 0. The van der Waals surface area contributed by atoms with Gasteiger partial charge < -0.3 is 10.1 Å². The fourth-order valence-electron chi connectivity index (χ4n) is 2.58. The van der Waals surface area contributed by atoms with Crippen molar-refractivity contribution in [3.63, 3.8) is 0 Å². The molecule has 1 atom stereocenters. The van der Waals surface area contributed by atoms with Gasteiger partial charge in [-0.2, -0.15) is 0 Å². The molecule has 2 heteroatoms. The molecule has 1 N–H and O–H groups in total. The second-order valence-corrected chi connectivity index (χ2v) is 6.27. The maximum absolute atomic E-state index is 5.43. The first-order chi connectivity index (χ1) is 9.08. The SMILES string of the molecule is CC(C)c1ccc(NCC2CCOC2)c(C(C)C)c1. The predicted molar refractivity (Wildman–Crippen MR) is 82.0 cm³/mol. The molecule has 1 unspecified atom stereocenters. The molecule has 0 aliphatic carbocycles. The summed E-state index contributed by atoms with van der Waals surface area (Å²) in [4.78, 5) is 0. The van der Waals surface area contributed by atoms with E-state index in [-0.39, 0.29) is 0 Å². The number of hydrogen-bond donors (Lipinski definition) is 1. The number of hydrogen-bond acceptors (Lipinski definition) is 2. The Labute approximate surface area is 117 Å². The van der Waals surface area contributed by atoms with E-state index in [1.165, 1.54) is 23.2 Å². The monoisotopic (exact) mass is 261 g/mol. The van der Waals surface area contributed by atoms with Gasteiger partial charge in [0.15, 0.2) is 0 Å². The molecule has 106 valence electrons. The second-order valence-electron chi connectivity index (χ2n) is 6.27. The first-order valence-electron chi connectivity index (χ1n) is 7.53. The Bertz CT molecular complexity index is 406. The summed E-state index contributed by atoms with van der Waals surface area (Å²) in [5.41, 5.74) is 4.16. The summed E-state index contributed by atoms with van der Waals surface area (Å²) in [5.74, 6) is 1.82. The molecule has 0 aromatic heterocycles. The molecule has 1 aliphatic rings. The lowest BCUT2D eigenvalue weighted by Crippen LogP contribution is -2.15. The number of nitrogens with one attached hydrogen (secondary N) is 1. The summed E-state index contributed by atoms with van der Waals surface area (Å²) in [5, 5.41) is 3.62. The maximum atomic E-state index is 5.43. The molecule has 0 bridgehead atoms. The van der Waals surface area contributed by atoms with Gasteiger partial charge in [-0.1, -0.05) is 39.8 Å². The lowest BCUT2D eigenvalue weighted by molar-refractivity contribution is 0.187. The van der Waals surface area contributed by atoms with E-state index in [2.05, 4.69) is 51.2 Å². The Hall–Kier alpha value is -1.02. The number of rotatable bonds is 5. The second kappa shape index (κ2) is 6.42. The van der Waals surface area contributed by atoms with Crippen LogP contribution in [0.3, 0.4) is 0 Å². The van der Waals surface area contributed by atoms with Crippen molar-refractivity contribution in [3.05, 3.63) is 29.3 Å². The topological polar surface area (TPSA) is 21.3 Å². The first kappa shape index (κ1) is 14.4. The zero-order valence-electron chi connectivity index (χ0n) is 12.7. The molecule has 1 aliphatic heterocycles. The summed E-state index contributed by atoms with van der Waals surface area (Å²) < 4.78 is 5.43. The van der Waals surface area contributed by atoms with Crippen molar-refractivity contribution in [1.82, 2.24) is 0 Å². The van der Waals surface area contributed by atoms with Gasteiger partial charge in [-0.15, -0.1) is 0 Å². The summed E-state index contributed by atoms with van der Waals surface area (Å²) in [6, 6.07) is 6.87. The van der Waals surface area contributed by atoms with Gasteiger partial charge in [0.25, 0.3) is 0 Å². The zero-order valence-corrected chi connectivity index (χ0v) is 12.7. The van der Waals surface area contributed by atoms with Gasteiger partial charge in [-0.3, -0.25) is 0 Å². The van der Waals surface area contributed by atoms with E-state index in [0.717, 1.165) is 19.8 Å². The minimum Gasteiger partial charge on any atom is -0.384 e. The normalized spacial score (nSPS) is 19.4. The van der Waals surface area contributed by atoms with E-state index in [9.17, 15) is 0 Å². The molecule has 0 radical (unpaired) electrons. The Morgan fingerprint density at radius 3 is 2.58 bits per heavy atom. The molecule has 2 rings (SSSR count). The van der Waals surface area contributed by atoms with Crippen LogP contribution in [0.25, 0.3) is 0 Å². The van der Waals surface area contributed by atoms with Crippen molar-refractivity contribution >= 4 is 5.69 Å². The smallest absolute Gasteiger partial charge is 0.0511 e. The van der Waals surface area contributed by atoms with Crippen molar-refractivity contribution in [2.75, 3.05) is 25.1 Å². The fourth-order valence-corrected chi connectivity index (χ4v) is 2.58. The Morgan fingerprint density at radius 2 is 2.00 bits per heavy atom. The van der Waals surface area contributed by atoms with Crippen LogP contribution in [0, 0.1) is 5.92 Å². The third-order valence-electron chi connectivity index (χ3n) is 3.97. The minimum atomic E-state index is 0.557. The third kappa shape index (κ3) is 3.73. The molecule has 2 nitrogen and oxygen atoms in total.